The van der Waals surface area contributed by atoms with Crippen LogP contribution in [0.2, 0.25) is 0 Å². The summed E-state index contributed by atoms with van der Waals surface area (Å²) in [5.41, 5.74) is 1.96. The molecule has 0 spiro atoms. The summed E-state index contributed by atoms with van der Waals surface area (Å²) in [5, 5.41) is 55.1. The molecule has 7 atom stereocenters. The molecule has 4 aromatic rings. The van der Waals surface area contributed by atoms with Crippen LogP contribution < -0.4 is 10.2 Å². The summed E-state index contributed by atoms with van der Waals surface area (Å²) in [7, 11) is 0. The molecular weight excluding hydrogens is 629 g/mol. The summed E-state index contributed by atoms with van der Waals surface area (Å²) in [5.74, 6) is -3.18. The highest BCUT2D eigenvalue weighted by molar-refractivity contribution is 5.85. The minimum Gasteiger partial charge on any atom is -0.435 e. The Labute approximate surface area is 264 Å². The molecule has 6 N–H and O–H groups in total. The molecule has 17 heteroatoms. The van der Waals surface area contributed by atoms with Crippen molar-refractivity contribution in [1.29, 1.82) is 0 Å². The first kappa shape index (κ1) is 32.5. The number of fused-ring (bicyclic) bond motifs is 1. The molecule has 2 aliphatic heterocycles. The number of nitrogens with zero attached hydrogens (tertiary/aromatic N) is 5. The maximum atomic E-state index is 13.1. The van der Waals surface area contributed by atoms with Gasteiger partial charge >= 0.3 is 12.1 Å². The SMILES string of the molecule is O=C(OC1C[C@H](O)[C@H](O)N1c1nc(NCC(c2ccccc2)c2ccccc2)c2ncn([C@@H]3O[C@H](CO)[C@@H](O)[C@H]3O)c2n1)C(F)(F)F. The van der Waals surface area contributed by atoms with Gasteiger partial charge in [0.2, 0.25) is 5.95 Å². The fourth-order valence-electron chi connectivity index (χ4n) is 5.78. The van der Waals surface area contributed by atoms with E-state index in [1.807, 2.05) is 60.7 Å². The second kappa shape index (κ2) is 13.0. The van der Waals surface area contributed by atoms with Gasteiger partial charge in [0.15, 0.2) is 35.7 Å². The number of benzene rings is 2. The standard InChI is InChI=1S/C30H31F3N6O8/c31-30(32,33)28(45)47-20-11-18(41)26(44)39(20)29-36-24(34-12-17(15-7-3-1-4-8-15)16-9-5-2-6-10-16)21-25(37-29)38(14-35-21)27-23(43)22(42)19(13-40)46-27/h1-10,14,17-20,22-23,26-27,40-44H,11-13H2,(H,34,36,37)/t18-,19+,20?,22+,23+,26-,27+/m0/s1. The Morgan fingerprint density at radius 2 is 1.64 bits per heavy atom. The summed E-state index contributed by atoms with van der Waals surface area (Å²) in [6.45, 7) is -0.392. The Morgan fingerprint density at radius 1 is 1.00 bits per heavy atom. The number of aromatic nitrogens is 4. The zero-order valence-electron chi connectivity index (χ0n) is 24.4. The van der Waals surface area contributed by atoms with E-state index in [0.29, 0.717) is 0 Å². The summed E-state index contributed by atoms with van der Waals surface area (Å²) < 4.78 is 50.9. The molecule has 0 amide bonds. The zero-order chi connectivity index (χ0) is 33.5. The average molecular weight is 661 g/mol. The molecule has 47 heavy (non-hydrogen) atoms. The quantitative estimate of drug-likeness (QED) is 0.139. The molecule has 1 unspecified atom stereocenters. The smallest absolute Gasteiger partial charge is 0.435 e. The molecule has 2 aliphatic rings. The highest BCUT2D eigenvalue weighted by atomic mass is 19.4. The third-order valence-corrected chi connectivity index (χ3v) is 8.17. The molecule has 6 rings (SSSR count). The maximum Gasteiger partial charge on any atom is 0.491 e. The molecule has 2 saturated heterocycles. The summed E-state index contributed by atoms with van der Waals surface area (Å²) in [6, 6.07) is 19.1. The predicted molar refractivity (Wildman–Crippen MR) is 157 cm³/mol. The molecule has 0 saturated carbocycles. The van der Waals surface area contributed by atoms with Crippen LogP contribution in [0.1, 0.15) is 29.7 Å². The van der Waals surface area contributed by atoms with Crippen molar-refractivity contribution in [2.75, 3.05) is 23.4 Å². The van der Waals surface area contributed by atoms with Crippen molar-refractivity contribution in [3.63, 3.8) is 0 Å². The monoisotopic (exact) mass is 660 g/mol. The number of imidazole rings is 1. The van der Waals surface area contributed by atoms with E-state index >= 15 is 0 Å². The van der Waals surface area contributed by atoms with Crippen molar-refractivity contribution in [3.05, 3.63) is 78.1 Å². The number of anilines is 2. The molecule has 2 aromatic heterocycles. The summed E-state index contributed by atoms with van der Waals surface area (Å²) in [6.07, 6.45) is -15.5. The lowest BCUT2D eigenvalue weighted by atomic mass is 9.91. The van der Waals surface area contributed by atoms with Crippen molar-refractivity contribution >= 4 is 28.9 Å². The number of esters is 1. The summed E-state index contributed by atoms with van der Waals surface area (Å²) in [4.78, 5) is 25.7. The van der Waals surface area contributed by atoms with Gasteiger partial charge in [-0.25, -0.2) is 9.78 Å². The fourth-order valence-corrected chi connectivity index (χ4v) is 5.78. The molecule has 0 bridgehead atoms. The van der Waals surface area contributed by atoms with Crippen molar-refractivity contribution in [1.82, 2.24) is 19.5 Å². The summed E-state index contributed by atoms with van der Waals surface area (Å²) >= 11 is 0. The van der Waals surface area contributed by atoms with Crippen LogP contribution in [-0.2, 0) is 14.3 Å². The lowest BCUT2D eigenvalue weighted by Gasteiger charge is -2.28. The van der Waals surface area contributed by atoms with Gasteiger partial charge in [-0.15, -0.1) is 0 Å². The third kappa shape index (κ3) is 6.32. The van der Waals surface area contributed by atoms with Gasteiger partial charge in [0.05, 0.1) is 12.9 Å². The predicted octanol–water partition coefficient (Wildman–Crippen LogP) is 1.00. The molecule has 250 valence electrons. The molecule has 0 radical (unpaired) electrons. The van der Waals surface area contributed by atoms with E-state index in [-0.39, 0.29) is 29.4 Å². The molecule has 0 aliphatic carbocycles. The van der Waals surface area contributed by atoms with Crippen molar-refractivity contribution < 1.29 is 53.0 Å². The zero-order valence-corrected chi connectivity index (χ0v) is 24.4. The van der Waals surface area contributed by atoms with Crippen LogP contribution in [0.3, 0.4) is 0 Å². The Morgan fingerprint density at radius 3 is 2.21 bits per heavy atom. The number of ether oxygens (including phenoxy) is 2. The molecule has 14 nitrogen and oxygen atoms in total. The Kier molecular flexibility index (Phi) is 9.01. The number of nitrogens with one attached hydrogen (secondary N) is 1. The Balaban J connectivity index is 1.43. The van der Waals surface area contributed by atoms with Gasteiger partial charge in [0.25, 0.3) is 0 Å². The van der Waals surface area contributed by atoms with Gasteiger partial charge in [-0.3, -0.25) is 9.47 Å². The van der Waals surface area contributed by atoms with Crippen molar-refractivity contribution in [2.24, 2.45) is 0 Å². The highest BCUT2D eigenvalue weighted by Gasteiger charge is 2.49. The van der Waals surface area contributed by atoms with E-state index in [9.17, 15) is 43.5 Å². The lowest BCUT2D eigenvalue weighted by Crippen LogP contribution is -2.43. The van der Waals surface area contributed by atoms with Crippen LogP contribution in [0.5, 0.6) is 0 Å². The van der Waals surface area contributed by atoms with Crippen LogP contribution in [-0.4, -0.2) is 107 Å². The van der Waals surface area contributed by atoms with Crippen LogP contribution in [0, 0.1) is 0 Å². The highest BCUT2D eigenvalue weighted by Crippen LogP contribution is 2.36. The van der Waals surface area contributed by atoms with E-state index in [1.165, 1.54) is 10.9 Å². The number of hydrogen-bond donors (Lipinski definition) is 6. The largest absolute Gasteiger partial charge is 0.491 e. The number of hydrogen-bond acceptors (Lipinski definition) is 13. The molecule has 2 aromatic carbocycles. The maximum absolute atomic E-state index is 13.1. The first-order chi connectivity index (χ1) is 22.5. The topological polar surface area (TPSA) is 196 Å². The van der Waals surface area contributed by atoms with E-state index in [1.54, 1.807) is 0 Å². The Bertz CT molecular complexity index is 1660. The number of carbonyl (C=O) groups is 1. The number of alkyl halides is 3. The average Bonchev–Trinajstić information content (AvgIpc) is 3.70. The number of halogens is 3. The molecule has 2 fully saturated rings. The Hall–Kier alpha value is -4.39. The van der Waals surface area contributed by atoms with E-state index in [2.05, 4.69) is 25.0 Å². The minimum absolute atomic E-state index is 0.0434. The fraction of sp³-hybridized carbons (Fsp3) is 0.400. The van der Waals surface area contributed by atoms with Gasteiger partial charge < -0.3 is 40.3 Å². The number of rotatable bonds is 9. The second-order valence-electron chi connectivity index (χ2n) is 11.2. The van der Waals surface area contributed by atoms with E-state index in [4.69, 9.17) is 4.74 Å². The molecular formula is C30H31F3N6O8. The normalized spacial score (nSPS) is 26.3. The lowest BCUT2D eigenvalue weighted by molar-refractivity contribution is -0.204. The van der Waals surface area contributed by atoms with Crippen LogP contribution in [0.25, 0.3) is 11.2 Å². The first-order valence-corrected chi connectivity index (χ1v) is 14.6. The molecule has 4 heterocycles. The van der Waals surface area contributed by atoms with Crippen molar-refractivity contribution in [2.45, 2.75) is 61.6 Å². The number of aliphatic hydroxyl groups excluding tert-OH is 5. The van der Waals surface area contributed by atoms with Gasteiger partial charge in [0, 0.05) is 18.9 Å². The van der Waals surface area contributed by atoms with E-state index in [0.717, 1.165) is 16.0 Å². The van der Waals surface area contributed by atoms with Crippen LogP contribution in [0.15, 0.2) is 67.0 Å². The second-order valence-corrected chi connectivity index (χ2v) is 11.2. The first-order valence-electron chi connectivity index (χ1n) is 14.6. The van der Waals surface area contributed by atoms with Crippen LogP contribution >= 0.6 is 0 Å². The number of carbonyl (C=O) groups excluding carboxylic acids is 1. The van der Waals surface area contributed by atoms with E-state index < -0.39 is 74.2 Å². The van der Waals surface area contributed by atoms with Gasteiger partial charge in [0.1, 0.15) is 24.4 Å². The van der Waals surface area contributed by atoms with Crippen LogP contribution in [0.4, 0.5) is 24.9 Å². The number of aliphatic hydroxyl groups is 5. The van der Waals surface area contributed by atoms with Gasteiger partial charge in [-0.1, -0.05) is 60.7 Å². The van der Waals surface area contributed by atoms with Crippen molar-refractivity contribution in [3.8, 4) is 0 Å². The minimum atomic E-state index is -5.36. The third-order valence-electron chi connectivity index (χ3n) is 8.17. The van der Waals surface area contributed by atoms with Gasteiger partial charge in [-0.05, 0) is 11.1 Å². The van der Waals surface area contributed by atoms with Gasteiger partial charge in [-0.2, -0.15) is 23.1 Å².